The van der Waals surface area contributed by atoms with Gasteiger partial charge < -0.3 is 5.32 Å². The molecule has 0 aliphatic carbocycles. The number of carbonyl (C=O) groups excluding carboxylic acids is 1. The third-order valence-corrected chi connectivity index (χ3v) is 5.33. The fraction of sp³-hybridized carbons (Fsp3) is 0.278. The van der Waals surface area contributed by atoms with Gasteiger partial charge in [-0.1, -0.05) is 50.3 Å². The largest absolute Gasteiger partial charge is 0.325 e. The van der Waals surface area contributed by atoms with Crippen LogP contribution >= 0.6 is 22.9 Å². The van der Waals surface area contributed by atoms with E-state index in [-0.39, 0.29) is 11.3 Å². The molecule has 0 bridgehead atoms. The molecule has 0 fully saturated rings. The van der Waals surface area contributed by atoms with Crippen molar-refractivity contribution in [1.82, 2.24) is 0 Å². The zero-order valence-corrected chi connectivity index (χ0v) is 14.3. The topological polar surface area (TPSA) is 29.1 Å². The van der Waals surface area contributed by atoms with Crippen molar-refractivity contribution >= 4 is 34.5 Å². The summed E-state index contributed by atoms with van der Waals surface area (Å²) in [7, 11) is 0. The van der Waals surface area contributed by atoms with E-state index in [0.717, 1.165) is 26.7 Å². The first kappa shape index (κ1) is 15.1. The molecule has 1 N–H and O–H groups in total. The van der Waals surface area contributed by atoms with Crippen molar-refractivity contribution < 1.29 is 4.79 Å². The molecule has 0 atom stereocenters. The second kappa shape index (κ2) is 5.46. The molecule has 2 nitrogen and oxygen atoms in total. The minimum atomic E-state index is 0.0211. The third kappa shape index (κ3) is 2.90. The number of anilines is 1. The molecule has 0 radical (unpaired) electrons. The second-order valence-corrected chi connectivity index (χ2v) is 8.01. The Hall–Kier alpha value is -1.76. The quantitative estimate of drug-likeness (QED) is 0.703. The van der Waals surface area contributed by atoms with Crippen LogP contribution in [0.1, 0.15) is 42.3 Å². The van der Waals surface area contributed by atoms with E-state index in [9.17, 15) is 4.79 Å². The molecule has 22 heavy (non-hydrogen) atoms. The molecule has 2 aromatic rings. The van der Waals surface area contributed by atoms with Gasteiger partial charge >= 0.3 is 0 Å². The molecule has 1 aliphatic heterocycles. The predicted octanol–water partition coefficient (Wildman–Crippen LogP) is 4.59. The van der Waals surface area contributed by atoms with Crippen LogP contribution in [0.25, 0.3) is 0 Å². The average molecular weight is 330 g/mol. The maximum absolute atomic E-state index is 11.5. The molecule has 0 saturated carbocycles. The van der Waals surface area contributed by atoms with Gasteiger partial charge in [-0.2, -0.15) is 0 Å². The number of halogens is 1. The van der Waals surface area contributed by atoms with Gasteiger partial charge in [0.2, 0.25) is 5.91 Å². The van der Waals surface area contributed by atoms with Crippen LogP contribution in [0.2, 0.25) is 4.34 Å². The molecule has 4 heteroatoms. The van der Waals surface area contributed by atoms with Crippen molar-refractivity contribution in [2.75, 3.05) is 5.32 Å². The Bertz CT molecular complexity index is 818. The standard InChI is InChI=1S/C18H16ClNOS/c1-18(2,3)15-9-12(17(19)22-15)8-7-11-5-4-6-14-13(11)10-16(21)20-14/h4-6,9H,10H2,1-3H3,(H,20,21). The Balaban J connectivity index is 1.97. The van der Waals surface area contributed by atoms with E-state index >= 15 is 0 Å². The Labute approximate surface area is 139 Å². The predicted molar refractivity (Wildman–Crippen MR) is 92.8 cm³/mol. The van der Waals surface area contributed by atoms with E-state index in [0.29, 0.717) is 6.42 Å². The summed E-state index contributed by atoms with van der Waals surface area (Å²) in [4.78, 5) is 12.7. The smallest absolute Gasteiger partial charge is 0.228 e. The number of fused-ring (bicyclic) bond motifs is 1. The maximum Gasteiger partial charge on any atom is 0.228 e. The minimum Gasteiger partial charge on any atom is -0.325 e. The van der Waals surface area contributed by atoms with Crippen LogP contribution in [-0.2, 0) is 16.6 Å². The van der Waals surface area contributed by atoms with Crippen LogP contribution in [0.3, 0.4) is 0 Å². The summed E-state index contributed by atoms with van der Waals surface area (Å²) in [5, 5.41) is 2.84. The molecule has 3 rings (SSSR count). The molecule has 112 valence electrons. The minimum absolute atomic E-state index is 0.0211. The highest BCUT2D eigenvalue weighted by Crippen LogP contribution is 2.35. The van der Waals surface area contributed by atoms with E-state index in [4.69, 9.17) is 11.6 Å². The molecule has 2 heterocycles. The van der Waals surface area contributed by atoms with Crippen LogP contribution in [0.15, 0.2) is 24.3 Å². The van der Waals surface area contributed by atoms with Gasteiger partial charge in [0.25, 0.3) is 0 Å². The summed E-state index contributed by atoms with van der Waals surface area (Å²) in [6, 6.07) is 7.81. The van der Waals surface area contributed by atoms with Gasteiger partial charge in [0.15, 0.2) is 0 Å². The van der Waals surface area contributed by atoms with Crippen LogP contribution in [0, 0.1) is 11.8 Å². The Morgan fingerprint density at radius 1 is 1.23 bits per heavy atom. The van der Waals surface area contributed by atoms with Crippen molar-refractivity contribution in [2.24, 2.45) is 0 Å². The summed E-state index contributed by atoms with van der Waals surface area (Å²) in [6.45, 7) is 6.48. The molecule has 0 unspecified atom stereocenters. The lowest BCUT2D eigenvalue weighted by Gasteiger charge is -2.14. The van der Waals surface area contributed by atoms with Gasteiger partial charge in [0, 0.05) is 21.7 Å². The molecular weight excluding hydrogens is 314 g/mol. The van der Waals surface area contributed by atoms with E-state index in [2.05, 4.69) is 44.0 Å². The summed E-state index contributed by atoms with van der Waals surface area (Å²) in [5.41, 5.74) is 3.64. The number of rotatable bonds is 0. The van der Waals surface area contributed by atoms with Gasteiger partial charge in [0.1, 0.15) is 4.34 Å². The first-order valence-electron chi connectivity index (χ1n) is 7.08. The second-order valence-electron chi connectivity index (χ2n) is 6.35. The van der Waals surface area contributed by atoms with E-state index in [1.165, 1.54) is 4.88 Å². The highest BCUT2D eigenvalue weighted by molar-refractivity contribution is 7.16. The SMILES string of the molecule is CC(C)(C)c1cc(C#Cc2cccc3c2CC(=O)N3)c(Cl)s1. The Kier molecular flexibility index (Phi) is 3.76. The van der Waals surface area contributed by atoms with Gasteiger partial charge in [-0.25, -0.2) is 0 Å². The fourth-order valence-corrected chi connectivity index (χ4v) is 3.57. The van der Waals surface area contributed by atoms with Crippen LogP contribution in [0.5, 0.6) is 0 Å². The van der Waals surface area contributed by atoms with Gasteiger partial charge in [-0.15, -0.1) is 11.3 Å². The highest BCUT2D eigenvalue weighted by atomic mass is 35.5. The number of thiophene rings is 1. The number of hydrogen-bond donors (Lipinski definition) is 1. The Morgan fingerprint density at radius 3 is 2.64 bits per heavy atom. The molecule has 0 saturated heterocycles. The Morgan fingerprint density at radius 2 is 1.95 bits per heavy atom. The van der Waals surface area contributed by atoms with Crippen molar-refractivity contribution in [2.45, 2.75) is 32.6 Å². The fourth-order valence-electron chi connectivity index (χ4n) is 2.32. The highest BCUT2D eigenvalue weighted by Gasteiger charge is 2.20. The van der Waals surface area contributed by atoms with Crippen LogP contribution in [-0.4, -0.2) is 5.91 Å². The lowest BCUT2D eigenvalue weighted by molar-refractivity contribution is -0.115. The third-order valence-electron chi connectivity index (χ3n) is 3.55. The summed E-state index contributed by atoms with van der Waals surface area (Å²) >= 11 is 7.89. The van der Waals surface area contributed by atoms with E-state index in [1.807, 2.05) is 18.2 Å². The zero-order chi connectivity index (χ0) is 15.9. The lowest BCUT2D eigenvalue weighted by Crippen LogP contribution is -2.07. The summed E-state index contributed by atoms with van der Waals surface area (Å²) < 4.78 is 0.721. The number of nitrogens with one attached hydrogen (secondary N) is 1. The number of amides is 1. The van der Waals surface area contributed by atoms with Crippen LogP contribution in [0.4, 0.5) is 5.69 Å². The molecule has 1 aliphatic rings. The molecule has 1 amide bonds. The zero-order valence-electron chi connectivity index (χ0n) is 12.7. The van der Waals surface area contributed by atoms with Gasteiger partial charge in [-0.05, 0) is 23.6 Å². The lowest BCUT2D eigenvalue weighted by atomic mass is 9.94. The summed E-state index contributed by atoms with van der Waals surface area (Å²) in [6.07, 6.45) is 0.394. The van der Waals surface area contributed by atoms with Crippen molar-refractivity contribution in [3.05, 3.63) is 50.2 Å². The van der Waals surface area contributed by atoms with Gasteiger partial charge in [-0.3, -0.25) is 4.79 Å². The molecule has 1 aromatic carbocycles. The molecule has 0 spiro atoms. The van der Waals surface area contributed by atoms with Crippen molar-refractivity contribution in [1.29, 1.82) is 0 Å². The van der Waals surface area contributed by atoms with E-state index < -0.39 is 0 Å². The maximum atomic E-state index is 11.5. The number of carbonyl (C=O) groups is 1. The number of hydrogen-bond acceptors (Lipinski definition) is 2. The first-order valence-corrected chi connectivity index (χ1v) is 8.27. The van der Waals surface area contributed by atoms with Crippen LogP contribution < -0.4 is 5.32 Å². The van der Waals surface area contributed by atoms with Crippen molar-refractivity contribution in [3.8, 4) is 11.8 Å². The molecular formula is C18H16ClNOS. The molecule has 1 aromatic heterocycles. The normalized spacial score (nSPS) is 13.4. The average Bonchev–Trinajstić information content (AvgIpc) is 2.98. The first-order chi connectivity index (χ1) is 10.3. The van der Waals surface area contributed by atoms with E-state index in [1.54, 1.807) is 11.3 Å². The van der Waals surface area contributed by atoms with Gasteiger partial charge in [0.05, 0.1) is 12.0 Å². The summed E-state index contributed by atoms with van der Waals surface area (Å²) in [5.74, 6) is 6.34. The monoisotopic (exact) mass is 329 g/mol. The number of benzene rings is 1. The van der Waals surface area contributed by atoms with Crippen molar-refractivity contribution in [3.63, 3.8) is 0 Å².